The van der Waals surface area contributed by atoms with Crippen molar-refractivity contribution < 1.29 is 9.18 Å². The molecule has 1 amide bonds. The van der Waals surface area contributed by atoms with E-state index in [0.717, 1.165) is 10.0 Å². The lowest BCUT2D eigenvalue weighted by Crippen LogP contribution is -2.14. The molecule has 0 bridgehead atoms. The lowest BCUT2D eigenvalue weighted by molar-refractivity contribution is 0.101. The molecule has 4 rings (SSSR count). The van der Waals surface area contributed by atoms with Crippen molar-refractivity contribution in [3.63, 3.8) is 0 Å². The number of aromatic nitrogens is 3. The largest absolute Gasteiger partial charge is 0.319 e. The molecular weight excluding hydrogens is 494 g/mol. The molecule has 0 fully saturated rings. The van der Waals surface area contributed by atoms with Crippen LogP contribution in [0.2, 0.25) is 10.0 Å². The molecule has 0 unspecified atom stereocenters. The summed E-state index contributed by atoms with van der Waals surface area (Å²) in [5.74, 6) is -0.677. The molecule has 0 radical (unpaired) electrons. The molecule has 9 heteroatoms. The van der Waals surface area contributed by atoms with Crippen molar-refractivity contribution in [3.05, 3.63) is 92.9 Å². The Kier molecular flexibility index (Phi) is 5.85. The summed E-state index contributed by atoms with van der Waals surface area (Å²) in [6, 6.07) is 18.0. The second kappa shape index (κ2) is 8.55. The van der Waals surface area contributed by atoms with E-state index in [-0.39, 0.29) is 5.82 Å². The molecule has 0 spiro atoms. The first-order chi connectivity index (χ1) is 14.4. The van der Waals surface area contributed by atoms with Gasteiger partial charge in [0.1, 0.15) is 5.82 Å². The summed E-state index contributed by atoms with van der Waals surface area (Å²) >= 11 is 15.6. The SMILES string of the molecule is O=C(Nc1cccc(F)c1)c1nc(-c2ccc(Br)cc2)n(-c2ccc(Cl)c(Cl)c2)n1. The Morgan fingerprint density at radius 2 is 1.77 bits per heavy atom. The predicted octanol–water partition coefficient (Wildman–Crippen LogP) is 6.40. The molecule has 0 aliphatic rings. The number of anilines is 1. The van der Waals surface area contributed by atoms with Crippen LogP contribution in [0.3, 0.4) is 0 Å². The van der Waals surface area contributed by atoms with Crippen LogP contribution in [0.5, 0.6) is 0 Å². The first kappa shape index (κ1) is 20.5. The van der Waals surface area contributed by atoms with Crippen molar-refractivity contribution in [3.8, 4) is 17.1 Å². The van der Waals surface area contributed by atoms with Crippen molar-refractivity contribution >= 4 is 50.7 Å². The fourth-order valence-corrected chi connectivity index (χ4v) is 3.30. The number of carbonyl (C=O) groups excluding carboxylic acids is 1. The minimum atomic E-state index is -0.572. The number of rotatable bonds is 4. The summed E-state index contributed by atoms with van der Waals surface area (Å²) in [7, 11) is 0. The van der Waals surface area contributed by atoms with Crippen LogP contribution in [0.15, 0.2) is 71.2 Å². The zero-order valence-corrected chi connectivity index (χ0v) is 18.2. The highest BCUT2D eigenvalue weighted by molar-refractivity contribution is 9.10. The van der Waals surface area contributed by atoms with E-state index in [1.807, 2.05) is 24.3 Å². The molecule has 150 valence electrons. The molecule has 0 saturated heterocycles. The average Bonchev–Trinajstić information content (AvgIpc) is 3.16. The third-order valence-corrected chi connectivity index (χ3v) is 5.41. The van der Waals surface area contributed by atoms with E-state index in [9.17, 15) is 9.18 Å². The van der Waals surface area contributed by atoms with E-state index >= 15 is 0 Å². The van der Waals surface area contributed by atoms with Crippen LogP contribution in [-0.4, -0.2) is 20.7 Å². The van der Waals surface area contributed by atoms with Crippen LogP contribution < -0.4 is 5.32 Å². The van der Waals surface area contributed by atoms with E-state index < -0.39 is 11.7 Å². The number of nitrogens with one attached hydrogen (secondary N) is 1. The van der Waals surface area contributed by atoms with Gasteiger partial charge in [0, 0.05) is 15.7 Å². The van der Waals surface area contributed by atoms with Crippen LogP contribution >= 0.6 is 39.1 Å². The summed E-state index contributed by atoms with van der Waals surface area (Å²) in [6.45, 7) is 0. The Balaban J connectivity index is 1.77. The molecule has 5 nitrogen and oxygen atoms in total. The number of carbonyl (C=O) groups is 1. The van der Waals surface area contributed by atoms with Gasteiger partial charge in [-0.1, -0.05) is 57.3 Å². The van der Waals surface area contributed by atoms with Gasteiger partial charge in [-0.2, -0.15) is 0 Å². The Labute approximate surface area is 189 Å². The summed E-state index contributed by atoms with van der Waals surface area (Å²) in [5.41, 5.74) is 1.62. The van der Waals surface area contributed by atoms with Crippen LogP contribution in [0, 0.1) is 5.82 Å². The Morgan fingerprint density at radius 3 is 2.47 bits per heavy atom. The minimum Gasteiger partial charge on any atom is -0.319 e. The third-order valence-electron chi connectivity index (χ3n) is 4.14. The van der Waals surface area contributed by atoms with Crippen molar-refractivity contribution in [1.82, 2.24) is 14.8 Å². The van der Waals surface area contributed by atoms with Gasteiger partial charge >= 0.3 is 0 Å². The fraction of sp³-hybridized carbons (Fsp3) is 0. The predicted molar refractivity (Wildman–Crippen MR) is 119 cm³/mol. The smallest absolute Gasteiger partial charge is 0.295 e. The lowest BCUT2D eigenvalue weighted by atomic mass is 10.2. The number of benzene rings is 3. The Bertz CT molecular complexity index is 1240. The molecule has 1 heterocycles. The van der Waals surface area contributed by atoms with Crippen LogP contribution in [0.4, 0.5) is 10.1 Å². The van der Waals surface area contributed by atoms with Crippen molar-refractivity contribution in [2.75, 3.05) is 5.32 Å². The van der Waals surface area contributed by atoms with Crippen LogP contribution in [0.25, 0.3) is 17.1 Å². The van der Waals surface area contributed by atoms with Crippen molar-refractivity contribution in [2.24, 2.45) is 0 Å². The Hall–Kier alpha value is -2.74. The second-order valence-electron chi connectivity index (χ2n) is 6.24. The van der Waals surface area contributed by atoms with Gasteiger partial charge in [-0.25, -0.2) is 14.1 Å². The molecule has 1 aromatic heterocycles. The van der Waals surface area contributed by atoms with Gasteiger partial charge in [-0.3, -0.25) is 4.79 Å². The first-order valence-corrected chi connectivity index (χ1v) is 10.2. The third kappa shape index (κ3) is 4.38. The van der Waals surface area contributed by atoms with Gasteiger partial charge in [-0.15, -0.1) is 5.10 Å². The number of hydrogen-bond acceptors (Lipinski definition) is 3. The normalized spacial score (nSPS) is 10.8. The van der Waals surface area contributed by atoms with Gasteiger partial charge < -0.3 is 5.32 Å². The molecule has 0 aliphatic carbocycles. The van der Waals surface area contributed by atoms with Gasteiger partial charge in [0.15, 0.2) is 5.82 Å². The highest BCUT2D eigenvalue weighted by atomic mass is 79.9. The fourth-order valence-electron chi connectivity index (χ4n) is 2.74. The number of halogens is 4. The molecule has 1 N–H and O–H groups in total. The van der Waals surface area contributed by atoms with E-state index in [0.29, 0.717) is 27.2 Å². The number of hydrogen-bond donors (Lipinski definition) is 1. The molecule has 3 aromatic carbocycles. The van der Waals surface area contributed by atoms with E-state index in [4.69, 9.17) is 23.2 Å². The zero-order valence-electron chi connectivity index (χ0n) is 15.1. The number of nitrogens with zero attached hydrogens (tertiary/aromatic N) is 3. The van der Waals surface area contributed by atoms with E-state index in [1.165, 1.54) is 22.9 Å². The quantitative estimate of drug-likeness (QED) is 0.349. The minimum absolute atomic E-state index is 0.0803. The van der Waals surface area contributed by atoms with Crippen molar-refractivity contribution in [1.29, 1.82) is 0 Å². The first-order valence-electron chi connectivity index (χ1n) is 8.66. The highest BCUT2D eigenvalue weighted by Crippen LogP contribution is 2.28. The molecule has 0 aliphatic heterocycles. The van der Waals surface area contributed by atoms with Crippen LogP contribution in [0.1, 0.15) is 10.6 Å². The molecule has 0 atom stereocenters. The summed E-state index contributed by atoms with van der Waals surface area (Å²) in [5, 5.41) is 7.70. The summed E-state index contributed by atoms with van der Waals surface area (Å²) in [6.07, 6.45) is 0. The van der Waals surface area contributed by atoms with Gasteiger partial charge in [-0.05, 0) is 48.5 Å². The standard InChI is InChI=1S/C21H12BrCl2FN4O/c22-13-6-4-12(5-7-13)20-27-19(21(30)26-15-3-1-2-14(25)10-15)28-29(20)16-8-9-17(23)18(24)11-16/h1-11H,(H,26,30). The van der Waals surface area contributed by atoms with Gasteiger partial charge in [0.25, 0.3) is 5.91 Å². The van der Waals surface area contributed by atoms with Crippen molar-refractivity contribution in [2.45, 2.75) is 0 Å². The summed E-state index contributed by atoms with van der Waals surface area (Å²) < 4.78 is 15.8. The van der Waals surface area contributed by atoms with E-state index in [2.05, 4.69) is 31.3 Å². The topological polar surface area (TPSA) is 59.8 Å². The highest BCUT2D eigenvalue weighted by Gasteiger charge is 2.19. The maximum Gasteiger partial charge on any atom is 0.295 e. The Morgan fingerprint density at radius 1 is 1.00 bits per heavy atom. The molecule has 4 aromatic rings. The van der Waals surface area contributed by atoms with Gasteiger partial charge in [0.05, 0.1) is 15.7 Å². The summed E-state index contributed by atoms with van der Waals surface area (Å²) in [4.78, 5) is 17.1. The maximum absolute atomic E-state index is 13.4. The maximum atomic E-state index is 13.4. The van der Waals surface area contributed by atoms with Gasteiger partial charge in [0.2, 0.25) is 5.82 Å². The monoisotopic (exact) mass is 504 g/mol. The molecular formula is C21H12BrCl2FN4O. The molecule has 0 saturated carbocycles. The van der Waals surface area contributed by atoms with E-state index in [1.54, 1.807) is 24.3 Å². The lowest BCUT2D eigenvalue weighted by Gasteiger charge is -2.07. The number of amides is 1. The van der Waals surface area contributed by atoms with Crippen LogP contribution in [-0.2, 0) is 0 Å². The average molecular weight is 506 g/mol. The second-order valence-corrected chi connectivity index (χ2v) is 7.97. The molecule has 30 heavy (non-hydrogen) atoms. The zero-order chi connectivity index (χ0) is 21.3.